The number of nitrogens with zero attached hydrogens (tertiary/aromatic N) is 2. The van der Waals surface area contributed by atoms with Crippen LogP contribution in [0.4, 0.5) is 5.82 Å². The first-order valence-electron chi connectivity index (χ1n) is 5.08. The molecule has 1 aliphatic heterocycles. The summed E-state index contributed by atoms with van der Waals surface area (Å²) < 4.78 is 0. The van der Waals surface area contributed by atoms with E-state index in [1.165, 1.54) is 5.56 Å². The summed E-state index contributed by atoms with van der Waals surface area (Å²) in [6.45, 7) is 4.33. The fourth-order valence-corrected chi connectivity index (χ4v) is 1.98. The van der Waals surface area contributed by atoms with E-state index >= 15 is 0 Å². The second kappa shape index (κ2) is 3.96. The van der Waals surface area contributed by atoms with Crippen LogP contribution in [0, 0.1) is 12.8 Å². The molecule has 1 atom stereocenters. The number of rotatable bonds is 2. The fourth-order valence-electron chi connectivity index (χ4n) is 1.98. The van der Waals surface area contributed by atoms with E-state index in [4.69, 9.17) is 5.11 Å². The summed E-state index contributed by atoms with van der Waals surface area (Å²) in [7, 11) is 0. The number of hydrogen-bond acceptors (Lipinski definition) is 3. The first-order valence-corrected chi connectivity index (χ1v) is 5.08. The zero-order valence-corrected chi connectivity index (χ0v) is 8.48. The largest absolute Gasteiger partial charge is 0.396 e. The Morgan fingerprint density at radius 3 is 3.14 bits per heavy atom. The summed E-state index contributed by atoms with van der Waals surface area (Å²) in [4.78, 5) is 6.63. The average molecular weight is 192 g/mol. The highest BCUT2D eigenvalue weighted by molar-refractivity contribution is 5.46. The van der Waals surface area contributed by atoms with Gasteiger partial charge in [0.15, 0.2) is 0 Å². The van der Waals surface area contributed by atoms with E-state index < -0.39 is 0 Å². The van der Waals surface area contributed by atoms with Gasteiger partial charge < -0.3 is 10.0 Å². The molecule has 3 nitrogen and oxygen atoms in total. The van der Waals surface area contributed by atoms with Crippen LogP contribution >= 0.6 is 0 Å². The number of aliphatic hydroxyl groups is 1. The lowest BCUT2D eigenvalue weighted by molar-refractivity contribution is 0.238. The van der Waals surface area contributed by atoms with Gasteiger partial charge in [0.05, 0.1) is 0 Å². The van der Waals surface area contributed by atoms with Crippen LogP contribution < -0.4 is 4.90 Å². The maximum absolute atomic E-state index is 9.05. The molecule has 0 aliphatic carbocycles. The molecule has 1 fully saturated rings. The first-order chi connectivity index (χ1) is 6.81. The molecular weight excluding hydrogens is 176 g/mol. The molecule has 0 radical (unpaired) electrons. The maximum Gasteiger partial charge on any atom is 0.131 e. The minimum absolute atomic E-state index is 0.294. The van der Waals surface area contributed by atoms with E-state index in [0.717, 1.165) is 25.3 Å². The van der Waals surface area contributed by atoms with Crippen LogP contribution in [-0.4, -0.2) is 29.8 Å². The summed E-state index contributed by atoms with van der Waals surface area (Å²) in [6, 6.07) is 4.03. The van der Waals surface area contributed by atoms with Gasteiger partial charge in [-0.2, -0.15) is 0 Å². The second-order valence-corrected chi connectivity index (χ2v) is 3.93. The molecule has 3 heteroatoms. The van der Waals surface area contributed by atoms with Crippen molar-refractivity contribution in [2.75, 3.05) is 24.6 Å². The van der Waals surface area contributed by atoms with Gasteiger partial charge in [0, 0.05) is 31.8 Å². The Labute approximate surface area is 84.4 Å². The van der Waals surface area contributed by atoms with Crippen LogP contribution in [0.5, 0.6) is 0 Å². The Kier molecular flexibility index (Phi) is 2.68. The number of hydrogen-bond donors (Lipinski definition) is 1. The van der Waals surface area contributed by atoms with E-state index in [9.17, 15) is 0 Å². The Morgan fingerprint density at radius 2 is 2.50 bits per heavy atom. The van der Waals surface area contributed by atoms with E-state index in [2.05, 4.69) is 22.9 Å². The molecule has 0 saturated carbocycles. The molecule has 1 aromatic heterocycles. The van der Waals surface area contributed by atoms with Crippen LogP contribution in [0.15, 0.2) is 18.3 Å². The number of aromatic nitrogens is 1. The molecule has 0 spiro atoms. The van der Waals surface area contributed by atoms with Gasteiger partial charge in [-0.15, -0.1) is 0 Å². The summed E-state index contributed by atoms with van der Waals surface area (Å²) >= 11 is 0. The van der Waals surface area contributed by atoms with Gasteiger partial charge in [0.1, 0.15) is 5.82 Å². The molecule has 1 unspecified atom stereocenters. The predicted molar refractivity (Wildman–Crippen MR) is 56.4 cm³/mol. The lowest BCUT2D eigenvalue weighted by atomic mass is 10.1. The maximum atomic E-state index is 9.05. The highest BCUT2D eigenvalue weighted by atomic mass is 16.3. The number of anilines is 1. The standard InChI is InChI=1S/C11H16N2O/c1-9-3-2-5-12-11(9)13-6-4-10(7-13)8-14/h2-3,5,10,14H,4,6-8H2,1H3. The third kappa shape index (κ3) is 1.73. The third-order valence-electron chi connectivity index (χ3n) is 2.83. The van der Waals surface area contributed by atoms with E-state index in [-0.39, 0.29) is 0 Å². The summed E-state index contributed by atoms with van der Waals surface area (Å²) in [5.74, 6) is 1.50. The molecule has 0 bridgehead atoms. The van der Waals surface area contributed by atoms with Crippen molar-refractivity contribution in [2.24, 2.45) is 5.92 Å². The van der Waals surface area contributed by atoms with Crippen molar-refractivity contribution in [1.82, 2.24) is 4.98 Å². The van der Waals surface area contributed by atoms with Gasteiger partial charge in [0.2, 0.25) is 0 Å². The van der Waals surface area contributed by atoms with Crippen LogP contribution in [0.2, 0.25) is 0 Å². The lowest BCUT2D eigenvalue weighted by Gasteiger charge is -2.18. The van der Waals surface area contributed by atoms with Crippen LogP contribution in [0.1, 0.15) is 12.0 Å². The van der Waals surface area contributed by atoms with Crippen molar-refractivity contribution < 1.29 is 5.11 Å². The first kappa shape index (κ1) is 9.46. The number of pyridine rings is 1. The molecule has 1 N–H and O–H groups in total. The third-order valence-corrected chi connectivity index (χ3v) is 2.83. The molecule has 14 heavy (non-hydrogen) atoms. The second-order valence-electron chi connectivity index (χ2n) is 3.93. The van der Waals surface area contributed by atoms with Crippen LogP contribution in [0.3, 0.4) is 0 Å². The normalized spacial score (nSPS) is 21.6. The fraction of sp³-hybridized carbons (Fsp3) is 0.545. The zero-order valence-electron chi connectivity index (χ0n) is 8.48. The van der Waals surface area contributed by atoms with E-state index in [0.29, 0.717) is 12.5 Å². The average Bonchev–Trinajstić information content (AvgIpc) is 2.67. The Balaban J connectivity index is 2.13. The Morgan fingerprint density at radius 1 is 1.64 bits per heavy atom. The van der Waals surface area contributed by atoms with Crippen molar-refractivity contribution >= 4 is 5.82 Å². The molecule has 1 aliphatic rings. The van der Waals surface area contributed by atoms with Crippen molar-refractivity contribution in [3.05, 3.63) is 23.9 Å². The molecule has 1 saturated heterocycles. The minimum atomic E-state index is 0.294. The SMILES string of the molecule is Cc1cccnc1N1CCC(CO)C1. The van der Waals surface area contributed by atoms with Crippen molar-refractivity contribution in [3.63, 3.8) is 0 Å². The van der Waals surface area contributed by atoms with Crippen LogP contribution in [0.25, 0.3) is 0 Å². The van der Waals surface area contributed by atoms with Crippen molar-refractivity contribution in [1.29, 1.82) is 0 Å². The van der Waals surface area contributed by atoms with Gasteiger partial charge in [0.25, 0.3) is 0 Å². The quantitative estimate of drug-likeness (QED) is 0.765. The molecule has 0 aromatic carbocycles. The van der Waals surface area contributed by atoms with Gasteiger partial charge in [-0.05, 0) is 25.0 Å². The van der Waals surface area contributed by atoms with Gasteiger partial charge >= 0.3 is 0 Å². The highest BCUT2D eigenvalue weighted by Crippen LogP contribution is 2.23. The van der Waals surface area contributed by atoms with Crippen molar-refractivity contribution in [2.45, 2.75) is 13.3 Å². The summed E-state index contributed by atoms with van der Waals surface area (Å²) in [6.07, 6.45) is 2.90. The van der Waals surface area contributed by atoms with E-state index in [1.54, 1.807) is 0 Å². The zero-order chi connectivity index (χ0) is 9.97. The topological polar surface area (TPSA) is 36.4 Å². The van der Waals surface area contributed by atoms with Gasteiger partial charge in [-0.3, -0.25) is 0 Å². The minimum Gasteiger partial charge on any atom is -0.396 e. The van der Waals surface area contributed by atoms with E-state index in [1.807, 2.05) is 12.3 Å². The monoisotopic (exact) mass is 192 g/mol. The number of aliphatic hydroxyl groups excluding tert-OH is 1. The lowest BCUT2D eigenvalue weighted by Crippen LogP contribution is -2.22. The molecule has 2 rings (SSSR count). The van der Waals surface area contributed by atoms with Crippen molar-refractivity contribution in [3.8, 4) is 0 Å². The smallest absolute Gasteiger partial charge is 0.131 e. The molecule has 2 heterocycles. The molecule has 1 aromatic rings. The molecule has 76 valence electrons. The highest BCUT2D eigenvalue weighted by Gasteiger charge is 2.23. The molecular formula is C11H16N2O. The van der Waals surface area contributed by atoms with Gasteiger partial charge in [-0.1, -0.05) is 6.07 Å². The molecule has 0 amide bonds. The summed E-state index contributed by atoms with van der Waals surface area (Å²) in [5.41, 5.74) is 1.21. The van der Waals surface area contributed by atoms with Gasteiger partial charge in [-0.25, -0.2) is 4.98 Å². The Hall–Kier alpha value is -1.09. The van der Waals surface area contributed by atoms with Crippen LogP contribution in [-0.2, 0) is 0 Å². The Bertz CT molecular complexity index is 314. The number of aryl methyl sites for hydroxylation is 1. The predicted octanol–water partition coefficient (Wildman–Crippen LogP) is 1.21. The summed E-state index contributed by atoms with van der Waals surface area (Å²) in [5, 5.41) is 9.05.